The van der Waals surface area contributed by atoms with E-state index in [1.165, 1.54) is 0 Å². The summed E-state index contributed by atoms with van der Waals surface area (Å²) in [6, 6.07) is 5.49. The third-order valence-corrected chi connectivity index (χ3v) is 6.69. The molecule has 4 rings (SSSR count). The van der Waals surface area contributed by atoms with Crippen molar-refractivity contribution in [2.24, 2.45) is 7.05 Å². The van der Waals surface area contributed by atoms with E-state index in [9.17, 15) is 9.59 Å². The lowest BCUT2D eigenvalue weighted by Gasteiger charge is -2.35. The van der Waals surface area contributed by atoms with Crippen molar-refractivity contribution in [1.82, 2.24) is 29.3 Å². The van der Waals surface area contributed by atoms with Crippen LogP contribution in [0.2, 0.25) is 0 Å². The molecule has 8 heteroatoms. The lowest BCUT2D eigenvalue weighted by molar-refractivity contribution is 0.0598. The predicted molar refractivity (Wildman–Crippen MR) is 127 cm³/mol. The van der Waals surface area contributed by atoms with E-state index in [4.69, 9.17) is 4.98 Å². The molecule has 0 unspecified atom stereocenters. The van der Waals surface area contributed by atoms with Crippen LogP contribution in [0.5, 0.6) is 0 Å². The molecule has 1 aliphatic rings. The van der Waals surface area contributed by atoms with Gasteiger partial charge in [-0.1, -0.05) is 0 Å². The summed E-state index contributed by atoms with van der Waals surface area (Å²) in [4.78, 5) is 43.8. The molecule has 1 aliphatic heterocycles. The zero-order valence-electron chi connectivity index (χ0n) is 20.1. The Bertz CT molecular complexity index is 1200. The molecule has 1 saturated heterocycles. The number of piperidine rings is 1. The Morgan fingerprint density at radius 2 is 1.88 bits per heavy atom. The second-order valence-corrected chi connectivity index (χ2v) is 8.64. The average molecular weight is 449 g/mol. The lowest BCUT2D eigenvalue weighted by atomic mass is 9.99. The van der Waals surface area contributed by atoms with Crippen molar-refractivity contribution in [3.8, 4) is 0 Å². The van der Waals surface area contributed by atoms with Gasteiger partial charge in [-0.2, -0.15) is 0 Å². The average Bonchev–Trinajstić information content (AvgIpc) is 3.11. The SMILES string of the molecule is CCN(CC)C(=O)c1cnc([C@H]2CCCCN2C(=O)c2ccc3c(c2)nc(C)n3C)nc1C. The highest BCUT2D eigenvalue weighted by atomic mass is 16.2. The van der Waals surface area contributed by atoms with Gasteiger partial charge in [-0.3, -0.25) is 9.59 Å². The fourth-order valence-corrected chi connectivity index (χ4v) is 4.60. The summed E-state index contributed by atoms with van der Waals surface area (Å²) in [5, 5.41) is 0. The number of carbonyl (C=O) groups is 2. The molecule has 33 heavy (non-hydrogen) atoms. The molecular formula is C25H32N6O2. The van der Waals surface area contributed by atoms with Crippen LogP contribution >= 0.6 is 0 Å². The summed E-state index contributed by atoms with van der Waals surface area (Å²) >= 11 is 0. The molecule has 0 aliphatic carbocycles. The highest BCUT2D eigenvalue weighted by molar-refractivity contribution is 5.98. The fourth-order valence-electron chi connectivity index (χ4n) is 4.60. The van der Waals surface area contributed by atoms with Gasteiger partial charge < -0.3 is 14.4 Å². The van der Waals surface area contributed by atoms with Crippen molar-refractivity contribution in [1.29, 1.82) is 0 Å². The van der Waals surface area contributed by atoms with E-state index >= 15 is 0 Å². The van der Waals surface area contributed by atoms with Crippen molar-refractivity contribution in [2.45, 2.75) is 53.0 Å². The number of amides is 2. The van der Waals surface area contributed by atoms with Crippen LogP contribution in [-0.4, -0.2) is 60.8 Å². The number of hydrogen-bond acceptors (Lipinski definition) is 5. The molecule has 3 heterocycles. The summed E-state index contributed by atoms with van der Waals surface area (Å²) in [5.74, 6) is 1.43. The van der Waals surface area contributed by atoms with Gasteiger partial charge in [0.25, 0.3) is 11.8 Å². The molecule has 1 aromatic carbocycles. The first-order valence-electron chi connectivity index (χ1n) is 11.7. The van der Waals surface area contributed by atoms with E-state index in [-0.39, 0.29) is 17.9 Å². The maximum Gasteiger partial charge on any atom is 0.257 e. The first-order valence-corrected chi connectivity index (χ1v) is 11.7. The number of imidazole rings is 1. The van der Waals surface area contributed by atoms with Crippen LogP contribution in [-0.2, 0) is 7.05 Å². The topological polar surface area (TPSA) is 84.2 Å². The quantitative estimate of drug-likeness (QED) is 0.592. The zero-order chi connectivity index (χ0) is 23.7. The number of fused-ring (bicyclic) bond motifs is 1. The molecular weight excluding hydrogens is 416 g/mol. The van der Waals surface area contributed by atoms with E-state index in [0.29, 0.717) is 42.3 Å². The summed E-state index contributed by atoms with van der Waals surface area (Å²) in [5.41, 5.74) is 3.62. The van der Waals surface area contributed by atoms with Gasteiger partial charge in [0.1, 0.15) is 5.82 Å². The highest BCUT2D eigenvalue weighted by Gasteiger charge is 2.31. The summed E-state index contributed by atoms with van der Waals surface area (Å²) in [6.45, 7) is 9.65. The second-order valence-electron chi connectivity index (χ2n) is 8.64. The van der Waals surface area contributed by atoms with Crippen LogP contribution in [0, 0.1) is 13.8 Å². The molecule has 0 spiro atoms. The molecule has 0 radical (unpaired) electrons. The van der Waals surface area contributed by atoms with Gasteiger partial charge >= 0.3 is 0 Å². The predicted octanol–water partition coefficient (Wildman–Crippen LogP) is 3.83. The van der Waals surface area contributed by atoms with Crippen molar-refractivity contribution in [3.63, 3.8) is 0 Å². The minimum atomic E-state index is -0.205. The van der Waals surface area contributed by atoms with Gasteiger partial charge in [0.15, 0.2) is 5.82 Å². The van der Waals surface area contributed by atoms with E-state index in [0.717, 1.165) is 36.1 Å². The van der Waals surface area contributed by atoms with Crippen LogP contribution in [0.1, 0.15) is 77.2 Å². The molecule has 8 nitrogen and oxygen atoms in total. The maximum atomic E-state index is 13.5. The Labute approximate surface area is 194 Å². The number of likely N-dealkylation sites (tertiary alicyclic amines) is 1. The van der Waals surface area contributed by atoms with Crippen LogP contribution in [0.25, 0.3) is 11.0 Å². The molecule has 2 aromatic heterocycles. The molecule has 0 saturated carbocycles. The van der Waals surface area contributed by atoms with Gasteiger partial charge in [0, 0.05) is 38.4 Å². The Kier molecular flexibility index (Phi) is 6.44. The number of aryl methyl sites for hydroxylation is 3. The van der Waals surface area contributed by atoms with E-state index in [2.05, 4.69) is 9.97 Å². The highest BCUT2D eigenvalue weighted by Crippen LogP contribution is 2.31. The monoisotopic (exact) mass is 448 g/mol. The Morgan fingerprint density at radius 1 is 1.12 bits per heavy atom. The molecule has 0 N–H and O–H groups in total. The van der Waals surface area contributed by atoms with Crippen LogP contribution in [0.4, 0.5) is 0 Å². The van der Waals surface area contributed by atoms with Gasteiger partial charge in [-0.15, -0.1) is 0 Å². The maximum absolute atomic E-state index is 13.5. The van der Waals surface area contributed by atoms with Gasteiger partial charge in [0.2, 0.25) is 0 Å². The number of nitrogens with zero attached hydrogens (tertiary/aromatic N) is 6. The number of hydrogen-bond donors (Lipinski definition) is 0. The van der Waals surface area contributed by atoms with E-state index in [1.54, 1.807) is 11.1 Å². The first kappa shape index (κ1) is 22.9. The number of carbonyl (C=O) groups excluding carboxylic acids is 2. The van der Waals surface area contributed by atoms with Gasteiger partial charge in [-0.05, 0) is 65.2 Å². The smallest absolute Gasteiger partial charge is 0.257 e. The normalized spacial score (nSPS) is 16.3. The van der Waals surface area contributed by atoms with Crippen LogP contribution in [0.3, 0.4) is 0 Å². The summed E-state index contributed by atoms with van der Waals surface area (Å²) in [7, 11) is 1.97. The van der Waals surface area contributed by atoms with Crippen LogP contribution < -0.4 is 0 Å². The Balaban J connectivity index is 1.63. The summed E-state index contributed by atoms with van der Waals surface area (Å²) < 4.78 is 2.02. The lowest BCUT2D eigenvalue weighted by Crippen LogP contribution is -2.39. The number of benzene rings is 1. The van der Waals surface area contributed by atoms with Crippen molar-refractivity contribution in [3.05, 3.63) is 52.9 Å². The van der Waals surface area contributed by atoms with Crippen LogP contribution in [0.15, 0.2) is 24.4 Å². The van der Waals surface area contributed by atoms with Crippen molar-refractivity contribution >= 4 is 22.8 Å². The summed E-state index contributed by atoms with van der Waals surface area (Å²) in [6.07, 6.45) is 4.39. The Morgan fingerprint density at radius 3 is 2.58 bits per heavy atom. The second kappa shape index (κ2) is 9.29. The third kappa shape index (κ3) is 4.21. The molecule has 1 atom stereocenters. The van der Waals surface area contributed by atoms with Crippen molar-refractivity contribution in [2.75, 3.05) is 19.6 Å². The fraction of sp³-hybridized carbons (Fsp3) is 0.480. The van der Waals surface area contributed by atoms with E-state index in [1.807, 2.05) is 62.4 Å². The van der Waals surface area contributed by atoms with E-state index < -0.39 is 0 Å². The molecule has 174 valence electrons. The molecule has 2 amide bonds. The Hall–Kier alpha value is -3.29. The zero-order valence-corrected chi connectivity index (χ0v) is 20.1. The van der Waals surface area contributed by atoms with Gasteiger partial charge in [0.05, 0.1) is 28.3 Å². The standard InChI is InChI=1S/C25H32N6O2/c1-6-30(7-2)25(33)19-15-26-23(27-16(19)3)22-10-8-9-13-31(22)24(32)18-11-12-21-20(14-18)28-17(4)29(21)5/h11-12,14-15,22H,6-10,13H2,1-5H3/t22-/m1/s1. The largest absolute Gasteiger partial charge is 0.339 e. The van der Waals surface area contributed by atoms with Gasteiger partial charge in [-0.25, -0.2) is 15.0 Å². The minimum Gasteiger partial charge on any atom is -0.339 e. The molecule has 3 aromatic rings. The first-order chi connectivity index (χ1) is 15.8. The molecule has 1 fully saturated rings. The molecule has 0 bridgehead atoms. The number of aromatic nitrogens is 4. The van der Waals surface area contributed by atoms with Crippen molar-refractivity contribution < 1.29 is 9.59 Å². The third-order valence-electron chi connectivity index (χ3n) is 6.69. The minimum absolute atomic E-state index is 0.0329. The number of rotatable bonds is 5.